The van der Waals surface area contributed by atoms with E-state index in [1.165, 1.54) is 13.3 Å². The summed E-state index contributed by atoms with van der Waals surface area (Å²) >= 11 is 12.0. The average molecular weight is 394 g/mol. The van der Waals surface area contributed by atoms with Crippen molar-refractivity contribution in [2.45, 2.75) is 13.8 Å². The maximum atomic E-state index is 11.9. The van der Waals surface area contributed by atoms with Gasteiger partial charge in [-0.15, -0.1) is 0 Å². The van der Waals surface area contributed by atoms with Gasteiger partial charge in [0.25, 0.3) is 0 Å². The third-order valence-electron chi connectivity index (χ3n) is 3.58. The second-order valence-electron chi connectivity index (χ2n) is 5.47. The van der Waals surface area contributed by atoms with Crippen LogP contribution in [0.1, 0.15) is 16.7 Å². The zero-order chi connectivity index (χ0) is 19.3. The van der Waals surface area contributed by atoms with Gasteiger partial charge in [0.05, 0.1) is 23.4 Å². The van der Waals surface area contributed by atoms with Gasteiger partial charge >= 0.3 is 11.8 Å². The molecule has 0 aliphatic heterocycles. The number of hydrazone groups is 1. The van der Waals surface area contributed by atoms with Gasteiger partial charge in [0.15, 0.2) is 5.75 Å². The van der Waals surface area contributed by atoms with Crippen LogP contribution in [0.2, 0.25) is 10.0 Å². The number of methoxy groups -OCH3 is 1. The standard InChI is InChI=1S/C18H17Cl2N3O3/c1-10-4-5-13(6-11(10)2)22-17(24)18(25)23-21-9-12-7-14(19)16(26-3)15(20)8-12/h4-9H,1-3H3,(H,22,24)(H,23,25)/b21-9-. The molecule has 0 aromatic heterocycles. The number of rotatable bonds is 4. The molecule has 0 bridgehead atoms. The highest BCUT2D eigenvalue weighted by Crippen LogP contribution is 2.33. The number of carbonyl (C=O) groups is 2. The zero-order valence-corrected chi connectivity index (χ0v) is 15.9. The molecule has 8 heteroatoms. The number of halogens is 2. The highest BCUT2D eigenvalue weighted by Gasteiger charge is 2.13. The van der Waals surface area contributed by atoms with Gasteiger partial charge in [-0.25, -0.2) is 5.43 Å². The second-order valence-corrected chi connectivity index (χ2v) is 6.28. The lowest BCUT2D eigenvalue weighted by atomic mass is 10.1. The molecule has 0 aliphatic carbocycles. The summed E-state index contributed by atoms with van der Waals surface area (Å²) in [5, 5.41) is 6.85. The Kier molecular flexibility index (Phi) is 6.60. The van der Waals surface area contributed by atoms with Gasteiger partial charge in [0.1, 0.15) is 0 Å². The van der Waals surface area contributed by atoms with Crippen molar-refractivity contribution >= 4 is 46.9 Å². The van der Waals surface area contributed by atoms with Crippen molar-refractivity contribution in [3.63, 3.8) is 0 Å². The minimum atomic E-state index is -0.898. The summed E-state index contributed by atoms with van der Waals surface area (Å²) in [6.45, 7) is 3.88. The molecule has 0 radical (unpaired) electrons. The summed E-state index contributed by atoms with van der Waals surface area (Å²) in [5.74, 6) is -1.37. The van der Waals surface area contributed by atoms with Crippen LogP contribution in [0.3, 0.4) is 0 Å². The lowest BCUT2D eigenvalue weighted by Crippen LogP contribution is -2.32. The number of nitrogens with zero attached hydrogens (tertiary/aromatic N) is 1. The van der Waals surface area contributed by atoms with Crippen LogP contribution in [0, 0.1) is 13.8 Å². The van der Waals surface area contributed by atoms with E-state index >= 15 is 0 Å². The summed E-state index contributed by atoms with van der Waals surface area (Å²) in [6.07, 6.45) is 1.32. The highest BCUT2D eigenvalue weighted by atomic mass is 35.5. The largest absolute Gasteiger partial charge is 0.494 e. The number of ether oxygens (including phenoxy) is 1. The van der Waals surface area contributed by atoms with Gasteiger partial charge in [0, 0.05) is 5.69 Å². The SMILES string of the molecule is COc1c(Cl)cc(/C=N\NC(=O)C(=O)Nc2ccc(C)c(C)c2)cc1Cl. The normalized spacial score (nSPS) is 10.7. The van der Waals surface area contributed by atoms with Crippen LogP contribution in [0.25, 0.3) is 0 Å². The molecule has 0 atom stereocenters. The minimum absolute atomic E-state index is 0.306. The molecule has 2 aromatic rings. The number of hydrogen-bond acceptors (Lipinski definition) is 4. The van der Waals surface area contributed by atoms with E-state index in [0.29, 0.717) is 27.0 Å². The molecule has 0 fully saturated rings. The number of carbonyl (C=O) groups excluding carboxylic acids is 2. The summed E-state index contributed by atoms with van der Waals surface area (Å²) in [4.78, 5) is 23.7. The molecular formula is C18H17Cl2N3O3. The van der Waals surface area contributed by atoms with E-state index < -0.39 is 11.8 Å². The molecule has 0 heterocycles. The van der Waals surface area contributed by atoms with E-state index in [0.717, 1.165) is 11.1 Å². The lowest BCUT2D eigenvalue weighted by molar-refractivity contribution is -0.136. The van der Waals surface area contributed by atoms with Crippen LogP contribution < -0.4 is 15.5 Å². The Bertz CT molecular complexity index is 859. The molecule has 6 nitrogen and oxygen atoms in total. The molecule has 0 saturated heterocycles. The number of hydrogen-bond donors (Lipinski definition) is 2. The van der Waals surface area contributed by atoms with E-state index in [-0.39, 0.29) is 0 Å². The molecule has 136 valence electrons. The Morgan fingerprint density at radius 1 is 1.04 bits per heavy atom. The maximum absolute atomic E-state index is 11.9. The molecule has 2 aromatic carbocycles. The zero-order valence-electron chi connectivity index (χ0n) is 14.4. The van der Waals surface area contributed by atoms with Crippen molar-refractivity contribution < 1.29 is 14.3 Å². The van der Waals surface area contributed by atoms with Crippen LogP contribution in [0.5, 0.6) is 5.75 Å². The van der Waals surface area contributed by atoms with Crippen molar-refractivity contribution in [2.24, 2.45) is 5.10 Å². The Hall–Kier alpha value is -2.57. The summed E-state index contributed by atoms with van der Waals surface area (Å²) in [5.41, 5.74) is 5.32. The first-order valence-electron chi connectivity index (χ1n) is 7.56. The lowest BCUT2D eigenvalue weighted by Gasteiger charge is -2.07. The van der Waals surface area contributed by atoms with Crippen molar-refractivity contribution in [3.05, 3.63) is 57.1 Å². The van der Waals surface area contributed by atoms with Gasteiger partial charge in [-0.2, -0.15) is 5.10 Å². The van der Waals surface area contributed by atoms with Crippen LogP contribution in [-0.2, 0) is 9.59 Å². The van der Waals surface area contributed by atoms with Crippen LogP contribution >= 0.6 is 23.2 Å². The fourth-order valence-corrected chi connectivity index (χ4v) is 2.73. The molecule has 0 spiro atoms. The summed E-state index contributed by atoms with van der Waals surface area (Å²) < 4.78 is 5.05. The number of aryl methyl sites for hydroxylation is 2. The predicted molar refractivity (Wildman–Crippen MR) is 103 cm³/mol. The van der Waals surface area contributed by atoms with E-state index in [1.54, 1.807) is 24.3 Å². The number of nitrogens with one attached hydrogen (secondary N) is 2. The topological polar surface area (TPSA) is 79.8 Å². The van der Waals surface area contributed by atoms with Crippen molar-refractivity contribution in [1.29, 1.82) is 0 Å². The van der Waals surface area contributed by atoms with Crippen LogP contribution in [0.15, 0.2) is 35.4 Å². The monoisotopic (exact) mass is 393 g/mol. The van der Waals surface area contributed by atoms with Gasteiger partial charge in [-0.1, -0.05) is 29.3 Å². The molecule has 2 rings (SSSR count). The Morgan fingerprint density at radius 3 is 2.27 bits per heavy atom. The fraction of sp³-hybridized carbons (Fsp3) is 0.167. The third kappa shape index (κ3) is 4.97. The van der Waals surface area contributed by atoms with Crippen molar-refractivity contribution in [2.75, 3.05) is 12.4 Å². The molecule has 2 amide bonds. The van der Waals surface area contributed by atoms with Gasteiger partial charge in [-0.05, 0) is 54.8 Å². The fourth-order valence-electron chi connectivity index (χ4n) is 2.07. The van der Waals surface area contributed by atoms with Gasteiger partial charge < -0.3 is 10.1 Å². The molecule has 0 saturated carbocycles. The Balaban J connectivity index is 1.98. The van der Waals surface area contributed by atoms with E-state index in [4.69, 9.17) is 27.9 Å². The maximum Gasteiger partial charge on any atom is 0.329 e. The second kappa shape index (κ2) is 8.69. The average Bonchev–Trinajstić information content (AvgIpc) is 2.58. The predicted octanol–water partition coefficient (Wildman–Crippen LogP) is 3.71. The van der Waals surface area contributed by atoms with E-state index in [2.05, 4.69) is 15.8 Å². The van der Waals surface area contributed by atoms with Gasteiger partial charge in [0.2, 0.25) is 0 Å². The minimum Gasteiger partial charge on any atom is -0.494 e. The Labute approximate surface area is 161 Å². The molecule has 2 N–H and O–H groups in total. The molecule has 0 unspecified atom stereocenters. The van der Waals surface area contributed by atoms with Crippen molar-refractivity contribution in [1.82, 2.24) is 5.43 Å². The van der Waals surface area contributed by atoms with Gasteiger partial charge in [-0.3, -0.25) is 9.59 Å². The van der Waals surface area contributed by atoms with Crippen LogP contribution in [-0.4, -0.2) is 25.1 Å². The summed E-state index contributed by atoms with van der Waals surface area (Å²) in [7, 11) is 1.45. The van der Waals surface area contributed by atoms with Crippen LogP contribution in [0.4, 0.5) is 5.69 Å². The molecule has 26 heavy (non-hydrogen) atoms. The summed E-state index contributed by atoms with van der Waals surface area (Å²) in [6, 6.07) is 8.50. The van der Waals surface area contributed by atoms with E-state index in [9.17, 15) is 9.59 Å². The smallest absolute Gasteiger partial charge is 0.329 e. The molecule has 0 aliphatic rings. The number of amides is 2. The molecular weight excluding hydrogens is 377 g/mol. The van der Waals surface area contributed by atoms with Crippen molar-refractivity contribution in [3.8, 4) is 5.75 Å². The third-order valence-corrected chi connectivity index (χ3v) is 4.14. The Morgan fingerprint density at radius 2 is 1.69 bits per heavy atom. The quantitative estimate of drug-likeness (QED) is 0.471. The number of anilines is 1. The first-order valence-corrected chi connectivity index (χ1v) is 8.32. The highest BCUT2D eigenvalue weighted by molar-refractivity contribution is 6.39. The number of benzene rings is 2. The first kappa shape index (κ1) is 19.8. The van der Waals surface area contributed by atoms with E-state index in [1.807, 2.05) is 19.9 Å². The first-order chi connectivity index (χ1) is 12.3.